The van der Waals surface area contributed by atoms with Crippen LogP contribution in [0.4, 0.5) is 5.69 Å². The van der Waals surface area contributed by atoms with Crippen molar-refractivity contribution in [3.8, 4) is 11.5 Å². The molecule has 1 aliphatic heterocycles. The van der Waals surface area contributed by atoms with Crippen LogP contribution in [0.5, 0.6) is 11.5 Å². The Bertz CT molecular complexity index is 1530. The Morgan fingerprint density at radius 2 is 1.53 bits per heavy atom. The summed E-state index contributed by atoms with van der Waals surface area (Å²) in [6.07, 6.45) is 2.03. The first-order valence-corrected chi connectivity index (χ1v) is 15.9. The van der Waals surface area contributed by atoms with Gasteiger partial charge in [-0.05, 0) is 89.1 Å². The largest absolute Gasteiger partial charge is 0.490 e. The number of hydrogen-bond acceptors (Lipinski definition) is 6. The second-order valence-corrected chi connectivity index (χ2v) is 14.7. The minimum absolute atomic E-state index is 0.0110. The van der Waals surface area contributed by atoms with Gasteiger partial charge in [0.15, 0.2) is 29.7 Å². The fraction of sp³-hybridized carbons (Fsp3) is 0.457. The third kappa shape index (κ3) is 6.54. The van der Waals surface area contributed by atoms with Gasteiger partial charge < -0.3 is 19.5 Å². The highest BCUT2D eigenvalue weighted by Gasteiger charge is 2.48. The molecule has 0 bridgehead atoms. The maximum Gasteiger partial charge on any atom is 0.262 e. The average Bonchev–Trinajstić information content (AvgIpc) is 2.87. The number of ether oxygens (including phenoxy) is 3. The fourth-order valence-electron chi connectivity index (χ4n) is 6.36. The van der Waals surface area contributed by atoms with E-state index in [9.17, 15) is 14.4 Å². The lowest BCUT2D eigenvalue weighted by molar-refractivity contribution is -0.120. The molecule has 0 spiro atoms. The molecule has 2 aromatic carbocycles. The number of allylic oxidation sites excluding steroid dienone is 4. The van der Waals surface area contributed by atoms with Crippen LogP contribution in [0.25, 0.3) is 0 Å². The Labute approximate surface area is 267 Å². The van der Waals surface area contributed by atoms with Gasteiger partial charge in [-0.15, -0.1) is 0 Å². The standard InChI is InChI=1S/C35H40INO6/c1-8-41-26-13-21(12-22(36)33(26)42-18-29(40)37-23-11-19(2)9-10-20(23)3)30-31-24(38)14-34(4,5)16-27(31)43-28-17-35(6,7)15-25(39)32(28)30/h9-13,30H,8,14-18H2,1-7H3,(H,37,40). The highest BCUT2D eigenvalue weighted by Crippen LogP contribution is 2.54. The zero-order valence-electron chi connectivity index (χ0n) is 26.0. The predicted molar refractivity (Wildman–Crippen MR) is 174 cm³/mol. The number of carbonyl (C=O) groups excluding carboxylic acids is 3. The van der Waals surface area contributed by atoms with E-state index in [1.165, 1.54) is 0 Å². The number of rotatable bonds is 7. The molecule has 0 fully saturated rings. The van der Waals surface area contributed by atoms with Crippen LogP contribution in [0.15, 0.2) is 53.0 Å². The predicted octanol–water partition coefficient (Wildman–Crippen LogP) is 7.72. The first-order chi connectivity index (χ1) is 20.2. The van der Waals surface area contributed by atoms with Crippen LogP contribution in [-0.4, -0.2) is 30.7 Å². The number of carbonyl (C=O) groups is 3. The Hall–Kier alpha value is -3.14. The Balaban J connectivity index is 1.52. The van der Waals surface area contributed by atoms with E-state index in [0.717, 1.165) is 25.9 Å². The molecule has 2 aromatic rings. The second-order valence-electron chi connectivity index (χ2n) is 13.5. The summed E-state index contributed by atoms with van der Waals surface area (Å²) in [5, 5.41) is 2.93. The normalized spacial score (nSPS) is 19.4. The summed E-state index contributed by atoms with van der Waals surface area (Å²) >= 11 is 2.17. The van der Waals surface area contributed by atoms with Gasteiger partial charge in [-0.25, -0.2) is 0 Å². The van der Waals surface area contributed by atoms with Crippen molar-refractivity contribution in [2.24, 2.45) is 10.8 Å². The Kier molecular flexibility index (Phi) is 8.55. The molecule has 1 heterocycles. The van der Waals surface area contributed by atoms with Gasteiger partial charge in [0.25, 0.3) is 5.91 Å². The van der Waals surface area contributed by atoms with Crippen LogP contribution >= 0.6 is 22.6 Å². The SMILES string of the molecule is CCOc1cc(C2C3=C(CC(C)(C)CC3=O)OC3=C2C(=O)CC(C)(C)C3)cc(I)c1OCC(=O)Nc1cc(C)ccc1C. The minimum atomic E-state index is -0.541. The lowest BCUT2D eigenvalue weighted by atomic mass is 9.65. The van der Waals surface area contributed by atoms with Gasteiger partial charge in [-0.1, -0.05) is 39.8 Å². The molecule has 43 heavy (non-hydrogen) atoms. The van der Waals surface area contributed by atoms with Crippen molar-refractivity contribution >= 4 is 45.8 Å². The molecular formula is C35H40INO6. The first-order valence-electron chi connectivity index (χ1n) is 14.8. The molecule has 7 nitrogen and oxygen atoms in total. The molecule has 0 radical (unpaired) electrons. The quantitative estimate of drug-likeness (QED) is 0.298. The third-order valence-corrected chi connectivity index (χ3v) is 9.06. The van der Waals surface area contributed by atoms with Crippen LogP contribution in [-0.2, 0) is 19.1 Å². The second kappa shape index (κ2) is 11.7. The molecule has 3 aliphatic rings. The van der Waals surface area contributed by atoms with Gasteiger partial charge in [-0.3, -0.25) is 14.4 Å². The maximum absolute atomic E-state index is 13.7. The highest BCUT2D eigenvalue weighted by atomic mass is 127. The first kappa shape index (κ1) is 31.3. The van der Waals surface area contributed by atoms with E-state index in [1.807, 2.05) is 51.1 Å². The number of anilines is 1. The third-order valence-electron chi connectivity index (χ3n) is 8.26. The maximum atomic E-state index is 13.7. The number of hydrogen-bond donors (Lipinski definition) is 1. The number of ketones is 2. The van der Waals surface area contributed by atoms with Crippen molar-refractivity contribution in [2.45, 2.75) is 80.1 Å². The van der Waals surface area contributed by atoms with Crippen LogP contribution < -0.4 is 14.8 Å². The van der Waals surface area contributed by atoms with Crippen molar-refractivity contribution in [1.82, 2.24) is 0 Å². The minimum Gasteiger partial charge on any atom is -0.490 e. The number of Topliss-reactive ketones (excluding diaryl/α,β-unsaturated/α-hetero) is 2. The van der Waals surface area contributed by atoms with Gasteiger partial charge in [0.05, 0.1) is 10.2 Å². The van der Waals surface area contributed by atoms with Crippen molar-refractivity contribution < 1.29 is 28.6 Å². The zero-order chi connectivity index (χ0) is 31.3. The smallest absolute Gasteiger partial charge is 0.262 e. The molecule has 1 amide bonds. The highest BCUT2D eigenvalue weighted by molar-refractivity contribution is 14.1. The number of nitrogens with one attached hydrogen (secondary N) is 1. The number of benzene rings is 2. The summed E-state index contributed by atoms with van der Waals surface area (Å²) in [5.74, 6) is 1.46. The van der Waals surface area contributed by atoms with Gasteiger partial charge in [0.1, 0.15) is 11.5 Å². The van der Waals surface area contributed by atoms with E-state index in [1.54, 1.807) is 0 Å². The molecule has 1 N–H and O–H groups in total. The van der Waals surface area contributed by atoms with E-state index < -0.39 is 5.92 Å². The van der Waals surface area contributed by atoms with E-state index in [-0.39, 0.29) is 34.9 Å². The Morgan fingerprint density at radius 1 is 0.930 bits per heavy atom. The molecule has 228 valence electrons. The van der Waals surface area contributed by atoms with E-state index in [0.29, 0.717) is 66.5 Å². The molecule has 2 aliphatic carbocycles. The molecule has 0 atom stereocenters. The van der Waals surface area contributed by atoms with E-state index in [2.05, 4.69) is 55.6 Å². The number of aryl methyl sites for hydroxylation is 2. The van der Waals surface area contributed by atoms with Crippen LogP contribution in [0.2, 0.25) is 0 Å². The van der Waals surface area contributed by atoms with Crippen LogP contribution in [0.1, 0.15) is 82.9 Å². The number of halogens is 1. The van der Waals surface area contributed by atoms with Crippen LogP contribution in [0.3, 0.4) is 0 Å². The molecule has 0 saturated heterocycles. The summed E-state index contributed by atoms with van der Waals surface area (Å²) in [4.78, 5) is 40.3. The van der Waals surface area contributed by atoms with E-state index >= 15 is 0 Å². The number of amides is 1. The lowest BCUT2D eigenvalue weighted by Gasteiger charge is -2.42. The molecule has 5 rings (SSSR count). The van der Waals surface area contributed by atoms with Gasteiger partial charge >= 0.3 is 0 Å². The van der Waals surface area contributed by atoms with E-state index in [4.69, 9.17) is 14.2 Å². The summed E-state index contributed by atoms with van der Waals surface area (Å²) in [6.45, 7) is 14.3. The van der Waals surface area contributed by atoms with Crippen molar-refractivity contribution in [1.29, 1.82) is 0 Å². The lowest BCUT2D eigenvalue weighted by Crippen LogP contribution is -2.37. The molecule has 8 heteroatoms. The topological polar surface area (TPSA) is 90.9 Å². The molecule has 0 aromatic heterocycles. The summed E-state index contributed by atoms with van der Waals surface area (Å²) in [7, 11) is 0. The fourth-order valence-corrected chi connectivity index (χ4v) is 7.14. The van der Waals surface area contributed by atoms with Crippen molar-refractivity contribution in [3.05, 3.63) is 73.3 Å². The Morgan fingerprint density at radius 3 is 2.12 bits per heavy atom. The molecule has 0 unspecified atom stereocenters. The zero-order valence-corrected chi connectivity index (χ0v) is 28.2. The monoisotopic (exact) mass is 697 g/mol. The summed E-state index contributed by atoms with van der Waals surface area (Å²) < 4.78 is 19.2. The van der Waals surface area contributed by atoms with Gasteiger partial charge in [-0.2, -0.15) is 0 Å². The van der Waals surface area contributed by atoms with Crippen LogP contribution in [0, 0.1) is 28.2 Å². The van der Waals surface area contributed by atoms with Crippen molar-refractivity contribution in [3.63, 3.8) is 0 Å². The van der Waals surface area contributed by atoms with Gasteiger partial charge in [0, 0.05) is 48.4 Å². The van der Waals surface area contributed by atoms with Crippen molar-refractivity contribution in [2.75, 3.05) is 18.5 Å². The summed E-state index contributed by atoms with van der Waals surface area (Å²) in [5.41, 5.74) is 4.24. The molecule has 0 saturated carbocycles. The average molecular weight is 698 g/mol. The van der Waals surface area contributed by atoms with Gasteiger partial charge in [0.2, 0.25) is 0 Å². The summed E-state index contributed by atoms with van der Waals surface area (Å²) in [6, 6.07) is 9.69. The molecular weight excluding hydrogens is 657 g/mol.